The molecular formula is C19H29N3O4. The lowest BCUT2D eigenvalue weighted by molar-refractivity contribution is -0.146. The fourth-order valence-corrected chi connectivity index (χ4v) is 3.05. The van der Waals surface area contributed by atoms with E-state index in [1.54, 1.807) is 7.11 Å². The quantitative estimate of drug-likeness (QED) is 0.454. The van der Waals surface area contributed by atoms with Crippen LogP contribution < -0.4 is 10.1 Å². The maximum absolute atomic E-state index is 11.7. The van der Waals surface area contributed by atoms with Crippen LogP contribution in [0.1, 0.15) is 31.4 Å². The lowest BCUT2D eigenvalue weighted by Crippen LogP contribution is -2.46. The van der Waals surface area contributed by atoms with E-state index in [4.69, 9.17) is 9.47 Å². The zero-order chi connectivity index (χ0) is 18.9. The number of nitrogens with zero attached hydrogens (tertiary/aromatic N) is 2. The van der Waals surface area contributed by atoms with Gasteiger partial charge in [0.1, 0.15) is 5.75 Å². The van der Waals surface area contributed by atoms with Crippen molar-refractivity contribution < 1.29 is 19.4 Å². The number of carbonyl (C=O) groups is 1. The lowest BCUT2D eigenvalue weighted by Gasteiger charge is -2.33. The van der Waals surface area contributed by atoms with Crippen molar-refractivity contribution in [2.75, 3.05) is 40.4 Å². The summed E-state index contributed by atoms with van der Waals surface area (Å²) in [6.07, 6.45) is 0.789. The van der Waals surface area contributed by atoms with Crippen molar-refractivity contribution in [3.8, 4) is 5.75 Å². The number of rotatable bonds is 6. The number of methoxy groups -OCH3 is 2. The highest BCUT2D eigenvalue weighted by Gasteiger charge is 2.27. The molecule has 1 aromatic rings. The zero-order valence-corrected chi connectivity index (χ0v) is 15.8. The molecule has 0 spiro atoms. The van der Waals surface area contributed by atoms with Crippen LogP contribution in [-0.4, -0.2) is 62.3 Å². The first kappa shape index (κ1) is 20.0. The van der Waals surface area contributed by atoms with E-state index in [1.165, 1.54) is 7.11 Å². The number of likely N-dealkylation sites (tertiary alicyclic amines) is 1. The highest BCUT2D eigenvalue weighted by Crippen LogP contribution is 2.21. The molecule has 0 aromatic heterocycles. The van der Waals surface area contributed by atoms with Crippen LogP contribution in [0.15, 0.2) is 29.3 Å². The maximum Gasteiger partial charge on any atom is 0.308 e. The van der Waals surface area contributed by atoms with Crippen molar-refractivity contribution in [2.45, 2.75) is 25.9 Å². The third-order valence-corrected chi connectivity index (χ3v) is 4.56. The number of hydrogen-bond acceptors (Lipinski definition) is 5. The van der Waals surface area contributed by atoms with Crippen LogP contribution in [-0.2, 0) is 9.53 Å². The Bertz CT molecular complexity index is 613. The number of aliphatic imine (C=N–C) groups is 1. The third kappa shape index (κ3) is 5.36. The molecule has 0 amide bonds. The molecule has 1 aliphatic rings. The van der Waals surface area contributed by atoms with Crippen molar-refractivity contribution in [3.05, 3.63) is 29.8 Å². The number of piperidine rings is 1. The molecule has 1 atom stereocenters. The molecule has 2 N–H and O–H groups in total. The van der Waals surface area contributed by atoms with Crippen LogP contribution in [0.2, 0.25) is 0 Å². The third-order valence-electron chi connectivity index (χ3n) is 4.56. The molecule has 0 saturated carbocycles. The Morgan fingerprint density at radius 2 is 2.12 bits per heavy atom. The minimum Gasteiger partial charge on any atom is -0.497 e. The van der Waals surface area contributed by atoms with Gasteiger partial charge in [-0.15, -0.1) is 0 Å². The van der Waals surface area contributed by atoms with Crippen LogP contribution in [0.4, 0.5) is 0 Å². The topological polar surface area (TPSA) is 83.4 Å². The first-order valence-electron chi connectivity index (χ1n) is 9.02. The molecule has 0 bridgehead atoms. The van der Waals surface area contributed by atoms with E-state index < -0.39 is 6.10 Å². The molecule has 26 heavy (non-hydrogen) atoms. The number of hydrogen-bond donors (Lipinski definition) is 2. The number of aliphatic hydroxyl groups excluding tert-OH is 1. The minimum atomic E-state index is -0.702. The Labute approximate surface area is 155 Å². The van der Waals surface area contributed by atoms with Crippen molar-refractivity contribution in [1.82, 2.24) is 10.2 Å². The van der Waals surface area contributed by atoms with Crippen LogP contribution >= 0.6 is 0 Å². The minimum absolute atomic E-state index is 0.0403. The van der Waals surface area contributed by atoms with E-state index >= 15 is 0 Å². The van der Waals surface area contributed by atoms with Gasteiger partial charge in [0.2, 0.25) is 0 Å². The van der Waals surface area contributed by atoms with Gasteiger partial charge in [-0.25, -0.2) is 0 Å². The summed E-state index contributed by atoms with van der Waals surface area (Å²) >= 11 is 0. The summed E-state index contributed by atoms with van der Waals surface area (Å²) in [6.45, 7) is 4.48. The molecule has 7 heteroatoms. The molecule has 0 aliphatic carbocycles. The average Bonchev–Trinajstić information content (AvgIpc) is 2.70. The summed E-state index contributed by atoms with van der Waals surface area (Å²) < 4.78 is 10.0. The fraction of sp³-hybridized carbons (Fsp3) is 0.579. The molecule has 1 fully saturated rings. The van der Waals surface area contributed by atoms with Gasteiger partial charge in [0, 0.05) is 19.6 Å². The molecule has 0 radical (unpaired) electrons. The van der Waals surface area contributed by atoms with Crippen LogP contribution in [0.5, 0.6) is 5.75 Å². The van der Waals surface area contributed by atoms with Gasteiger partial charge in [-0.1, -0.05) is 12.1 Å². The second-order valence-electron chi connectivity index (χ2n) is 6.27. The SMILES string of the molecule is CCNC(=NCC(O)c1cccc(OC)c1)N1CCC(C(=O)OC)CC1. The van der Waals surface area contributed by atoms with Gasteiger partial charge in [0.05, 0.1) is 32.8 Å². The van der Waals surface area contributed by atoms with Gasteiger partial charge in [-0.05, 0) is 37.5 Å². The predicted octanol–water partition coefficient (Wildman–Crippen LogP) is 1.58. The number of nitrogens with one attached hydrogen (secondary N) is 1. The second kappa shape index (κ2) is 10.0. The van der Waals surface area contributed by atoms with Gasteiger partial charge in [-0.2, -0.15) is 0 Å². The van der Waals surface area contributed by atoms with Crippen molar-refractivity contribution in [2.24, 2.45) is 10.9 Å². The van der Waals surface area contributed by atoms with Crippen LogP contribution in [0.25, 0.3) is 0 Å². The van der Waals surface area contributed by atoms with Crippen LogP contribution in [0.3, 0.4) is 0 Å². The predicted molar refractivity (Wildman–Crippen MR) is 100 cm³/mol. The van der Waals surface area contributed by atoms with E-state index in [1.807, 2.05) is 31.2 Å². The normalized spacial score (nSPS) is 16.9. The number of aliphatic hydroxyl groups is 1. The fourth-order valence-electron chi connectivity index (χ4n) is 3.05. The largest absolute Gasteiger partial charge is 0.497 e. The Hall–Kier alpha value is -2.28. The monoisotopic (exact) mass is 363 g/mol. The summed E-state index contributed by atoms with van der Waals surface area (Å²) in [4.78, 5) is 18.4. The average molecular weight is 363 g/mol. The summed E-state index contributed by atoms with van der Waals surface area (Å²) in [5, 5.41) is 13.7. The van der Waals surface area contributed by atoms with E-state index in [0.717, 1.165) is 44.0 Å². The number of carbonyl (C=O) groups excluding carboxylic acids is 1. The molecule has 1 aliphatic heterocycles. The highest BCUT2D eigenvalue weighted by molar-refractivity contribution is 5.80. The first-order chi connectivity index (χ1) is 12.6. The molecule has 144 valence electrons. The number of guanidine groups is 1. The van der Waals surface area contributed by atoms with Gasteiger partial charge < -0.3 is 24.8 Å². The number of ether oxygens (including phenoxy) is 2. The van der Waals surface area contributed by atoms with Crippen molar-refractivity contribution in [1.29, 1.82) is 0 Å². The first-order valence-corrected chi connectivity index (χ1v) is 9.02. The van der Waals surface area contributed by atoms with Crippen molar-refractivity contribution in [3.63, 3.8) is 0 Å². The van der Waals surface area contributed by atoms with Gasteiger partial charge in [-0.3, -0.25) is 9.79 Å². The summed E-state index contributed by atoms with van der Waals surface area (Å²) in [7, 11) is 3.03. The Kier molecular flexibility index (Phi) is 7.72. The molecule has 2 rings (SSSR count). The lowest BCUT2D eigenvalue weighted by atomic mass is 9.97. The Balaban J connectivity index is 1.99. The van der Waals surface area contributed by atoms with Gasteiger partial charge in [0.15, 0.2) is 5.96 Å². The maximum atomic E-state index is 11.7. The van der Waals surface area contributed by atoms with Gasteiger partial charge in [0.25, 0.3) is 0 Å². The van der Waals surface area contributed by atoms with E-state index in [-0.39, 0.29) is 18.4 Å². The number of benzene rings is 1. The zero-order valence-electron chi connectivity index (χ0n) is 15.8. The summed E-state index contributed by atoms with van der Waals surface area (Å²) in [6, 6.07) is 7.37. The van der Waals surface area contributed by atoms with E-state index in [9.17, 15) is 9.90 Å². The van der Waals surface area contributed by atoms with E-state index in [0.29, 0.717) is 5.75 Å². The van der Waals surface area contributed by atoms with E-state index in [2.05, 4.69) is 15.2 Å². The smallest absolute Gasteiger partial charge is 0.308 e. The molecule has 1 unspecified atom stereocenters. The molecular weight excluding hydrogens is 334 g/mol. The second-order valence-corrected chi connectivity index (χ2v) is 6.27. The summed E-state index contributed by atoms with van der Waals surface area (Å²) in [5.74, 6) is 1.29. The van der Waals surface area contributed by atoms with Crippen molar-refractivity contribution >= 4 is 11.9 Å². The van der Waals surface area contributed by atoms with Crippen LogP contribution in [0, 0.1) is 5.92 Å². The Morgan fingerprint density at radius 1 is 1.38 bits per heavy atom. The molecule has 1 aromatic carbocycles. The number of esters is 1. The molecule has 1 saturated heterocycles. The molecule has 1 heterocycles. The highest BCUT2D eigenvalue weighted by atomic mass is 16.5. The molecule has 7 nitrogen and oxygen atoms in total. The Morgan fingerprint density at radius 3 is 2.73 bits per heavy atom. The summed E-state index contributed by atoms with van der Waals surface area (Å²) in [5.41, 5.74) is 0.772. The standard InChI is InChI=1S/C19H29N3O4/c1-4-20-19(22-10-8-14(9-11-22)18(24)26-3)21-13-17(23)15-6-5-7-16(12-15)25-2/h5-7,12,14,17,23H,4,8-11,13H2,1-3H3,(H,20,21). The van der Waals surface area contributed by atoms with Gasteiger partial charge >= 0.3 is 5.97 Å².